The summed E-state index contributed by atoms with van der Waals surface area (Å²) in [5.41, 5.74) is 2.27. The Hall–Kier alpha value is -1.06. The number of hydrogen-bond donors (Lipinski definition) is 2. The number of aryl methyl sites for hydroxylation is 1. The van der Waals surface area contributed by atoms with Gasteiger partial charge in [-0.3, -0.25) is 0 Å². The molecular weight excluding hydrogens is 216 g/mol. The van der Waals surface area contributed by atoms with E-state index >= 15 is 0 Å². The third-order valence-electron chi connectivity index (χ3n) is 3.23. The summed E-state index contributed by atoms with van der Waals surface area (Å²) in [6, 6.07) is 5.94. The lowest BCUT2D eigenvalue weighted by Crippen LogP contribution is -1.99. The van der Waals surface area contributed by atoms with Crippen molar-refractivity contribution in [3.8, 4) is 5.75 Å². The average Bonchev–Trinajstić information content (AvgIpc) is 2.71. The molecule has 0 bridgehead atoms. The van der Waals surface area contributed by atoms with Crippen molar-refractivity contribution in [1.82, 2.24) is 0 Å². The summed E-state index contributed by atoms with van der Waals surface area (Å²) < 4.78 is 5.65. The van der Waals surface area contributed by atoms with E-state index in [4.69, 9.17) is 9.84 Å². The summed E-state index contributed by atoms with van der Waals surface area (Å²) >= 11 is 0. The Labute approximate surface area is 102 Å². The van der Waals surface area contributed by atoms with Crippen LogP contribution in [-0.4, -0.2) is 23.4 Å². The van der Waals surface area contributed by atoms with E-state index < -0.39 is 0 Å². The molecule has 0 unspecified atom stereocenters. The normalized spacial score (nSPS) is 18.1. The molecule has 1 aliphatic rings. The van der Waals surface area contributed by atoms with Crippen molar-refractivity contribution in [2.24, 2.45) is 0 Å². The number of ether oxygens (including phenoxy) is 1. The second-order valence-electron chi connectivity index (χ2n) is 4.55. The van der Waals surface area contributed by atoms with Gasteiger partial charge in [0.15, 0.2) is 0 Å². The van der Waals surface area contributed by atoms with Crippen LogP contribution < -0.4 is 4.74 Å². The highest BCUT2D eigenvalue weighted by atomic mass is 16.5. The Kier molecular flexibility index (Phi) is 4.40. The standard InChI is InChI=1S/C14H20O3/c15-8-2-1-3-9-17-12-5-6-13-11(10-12)4-7-14(13)16/h5-6,10,14-16H,1-4,7-9H2/t14-/m0/s1. The van der Waals surface area contributed by atoms with Crippen molar-refractivity contribution in [3.63, 3.8) is 0 Å². The first-order valence-electron chi connectivity index (χ1n) is 6.36. The van der Waals surface area contributed by atoms with Crippen LogP contribution in [0.2, 0.25) is 0 Å². The Morgan fingerprint density at radius 1 is 1.24 bits per heavy atom. The third kappa shape index (κ3) is 3.20. The Balaban J connectivity index is 1.82. The molecule has 1 aliphatic carbocycles. The molecule has 2 rings (SSSR count). The summed E-state index contributed by atoms with van der Waals surface area (Å²) in [6.07, 6.45) is 4.30. The van der Waals surface area contributed by atoms with Crippen LogP contribution in [0, 0.1) is 0 Å². The number of unbranched alkanes of at least 4 members (excludes halogenated alkanes) is 2. The minimum absolute atomic E-state index is 0.261. The summed E-state index contributed by atoms with van der Waals surface area (Å²) in [5, 5.41) is 18.3. The van der Waals surface area contributed by atoms with Crippen molar-refractivity contribution in [3.05, 3.63) is 29.3 Å². The zero-order valence-electron chi connectivity index (χ0n) is 10.1. The second kappa shape index (κ2) is 6.03. The maximum absolute atomic E-state index is 9.68. The average molecular weight is 236 g/mol. The summed E-state index contributed by atoms with van der Waals surface area (Å²) in [4.78, 5) is 0. The molecule has 0 aromatic heterocycles. The topological polar surface area (TPSA) is 49.7 Å². The van der Waals surface area contributed by atoms with E-state index in [9.17, 15) is 5.11 Å². The Morgan fingerprint density at radius 3 is 2.94 bits per heavy atom. The molecule has 0 amide bonds. The third-order valence-corrected chi connectivity index (χ3v) is 3.23. The molecular formula is C14H20O3. The lowest BCUT2D eigenvalue weighted by Gasteiger charge is -2.08. The monoisotopic (exact) mass is 236 g/mol. The minimum atomic E-state index is -0.288. The van der Waals surface area contributed by atoms with E-state index in [2.05, 4.69) is 0 Å². The van der Waals surface area contributed by atoms with Crippen LogP contribution in [-0.2, 0) is 6.42 Å². The maximum atomic E-state index is 9.68. The molecule has 3 nitrogen and oxygen atoms in total. The fourth-order valence-electron chi connectivity index (χ4n) is 2.24. The molecule has 94 valence electrons. The minimum Gasteiger partial charge on any atom is -0.494 e. The smallest absolute Gasteiger partial charge is 0.119 e. The molecule has 2 N–H and O–H groups in total. The fraction of sp³-hybridized carbons (Fsp3) is 0.571. The number of hydrogen-bond acceptors (Lipinski definition) is 3. The highest BCUT2D eigenvalue weighted by Gasteiger charge is 2.20. The molecule has 0 saturated heterocycles. The van der Waals surface area contributed by atoms with Gasteiger partial charge in [0.05, 0.1) is 12.7 Å². The zero-order valence-corrected chi connectivity index (χ0v) is 10.1. The van der Waals surface area contributed by atoms with Crippen LogP contribution in [0.25, 0.3) is 0 Å². The molecule has 1 atom stereocenters. The van der Waals surface area contributed by atoms with Gasteiger partial charge >= 0.3 is 0 Å². The van der Waals surface area contributed by atoms with Crippen molar-refractivity contribution in [2.75, 3.05) is 13.2 Å². The molecule has 1 aromatic carbocycles. The van der Waals surface area contributed by atoms with Gasteiger partial charge in [-0.1, -0.05) is 6.07 Å². The van der Waals surface area contributed by atoms with Crippen LogP contribution in [0.3, 0.4) is 0 Å². The molecule has 0 aliphatic heterocycles. The van der Waals surface area contributed by atoms with Crippen molar-refractivity contribution >= 4 is 0 Å². The number of rotatable bonds is 6. The summed E-state index contributed by atoms with van der Waals surface area (Å²) in [7, 11) is 0. The van der Waals surface area contributed by atoms with Gasteiger partial charge in [-0.25, -0.2) is 0 Å². The molecule has 17 heavy (non-hydrogen) atoms. The maximum Gasteiger partial charge on any atom is 0.119 e. The Bertz CT molecular complexity index is 362. The first-order valence-corrected chi connectivity index (χ1v) is 6.36. The molecule has 0 heterocycles. The Morgan fingerprint density at radius 2 is 2.12 bits per heavy atom. The SMILES string of the molecule is OCCCCCOc1ccc2c(c1)CC[C@@H]2O. The number of fused-ring (bicyclic) bond motifs is 1. The summed E-state index contributed by atoms with van der Waals surface area (Å²) in [5.74, 6) is 0.891. The van der Waals surface area contributed by atoms with Crippen molar-refractivity contribution in [2.45, 2.75) is 38.2 Å². The van der Waals surface area contributed by atoms with Crippen LogP contribution in [0.5, 0.6) is 5.75 Å². The fourth-order valence-corrected chi connectivity index (χ4v) is 2.24. The number of benzene rings is 1. The predicted molar refractivity (Wildman–Crippen MR) is 66.2 cm³/mol. The van der Waals surface area contributed by atoms with Crippen LogP contribution >= 0.6 is 0 Å². The summed E-state index contributed by atoms with van der Waals surface area (Å²) in [6.45, 7) is 0.956. The van der Waals surface area contributed by atoms with E-state index in [0.29, 0.717) is 6.61 Å². The van der Waals surface area contributed by atoms with E-state index in [1.165, 1.54) is 5.56 Å². The van der Waals surface area contributed by atoms with Gasteiger partial charge in [0.2, 0.25) is 0 Å². The predicted octanol–water partition coefficient (Wildman–Crippen LogP) is 2.21. The van der Waals surface area contributed by atoms with Gasteiger partial charge in [-0.15, -0.1) is 0 Å². The first-order chi connectivity index (χ1) is 8.31. The van der Waals surface area contributed by atoms with E-state index in [1.807, 2.05) is 18.2 Å². The van der Waals surface area contributed by atoms with Gasteiger partial charge in [0.1, 0.15) is 5.75 Å². The van der Waals surface area contributed by atoms with Gasteiger partial charge in [0.25, 0.3) is 0 Å². The molecule has 0 spiro atoms. The van der Waals surface area contributed by atoms with Crippen LogP contribution in [0.4, 0.5) is 0 Å². The van der Waals surface area contributed by atoms with Gasteiger partial charge in [-0.05, 0) is 55.4 Å². The van der Waals surface area contributed by atoms with E-state index in [0.717, 1.165) is 43.4 Å². The quantitative estimate of drug-likeness (QED) is 0.744. The second-order valence-corrected chi connectivity index (χ2v) is 4.55. The van der Waals surface area contributed by atoms with Crippen LogP contribution in [0.1, 0.15) is 42.9 Å². The van der Waals surface area contributed by atoms with Crippen LogP contribution in [0.15, 0.2) is 18.2 Å². The zero-order chi connectivity index (χ0) is 12.1. The highest BCUT2D eigenvalue weighted by Crippen LogP contribution is 2.33. The molecule has 3 heteroatoms. The lowest BCUT2D eigenvalue weighted by molar-refractivity contribution is 0.180. The largest absolute Gasteiger partial charge is 0.494 e. The highest BCUT2D eigenvalue weighted by molar-refractivity contribution is 5.39. The molecule has 0 saturated carbocycles. The van der Waals surface area contributed by atoms with Gasteiger partial charge < -0.3 is 14.9 Å². The molecule has 0 fully saturated rings. The molecule has 0 radical (unpaired) electrons. The van der Waals surface area contributed by atoms with Crippen molar-refractivity contribution in [1.29, 1.82) is 0 Å². The first kappa shape index (κ1) is 12.4. The van der Waals surface area contributed by atoms with E-state index in [-0.39, 0.29) is 12.7 Å². The number of aliphatic hydroxyl groups excluding tert-OH is 2. The van der Waals surface area contributed by atoms with E-state index in [1.54, 1.807) is 0 Å². The molecule has 1 aromatic rings. The van der Waals surface area contributed by atoms with Gasteiger partial charge in [0, 0.05) is 6.61 Å². The van der Waals surface area contributed by atoms with Crippen molar-refractivity contribution < 1.29 is 14.9 Å². The lowest BCUT2D eigenvalue weighted by atomic mass is 10.1. The van der Waals surface area contributed by atoms with Gasteiger partial charge in [-0.2, -0.15) is 0 Å². The number of aliphatic hydroxyl groups is 2.